The Balaban J connectivity index is 2.01. The summed E-state index contributed by atoms with van der Waals surface area (Å²) in [5, 5.41) is 1.08. The monoisotopic (exact) mass is 254 g/mol. The van der Waals surface area contributed by atoms with Crippen LogP contribution >= 0.6 is 0 Å². The van der Waals surface area contributed by atoms with Gasteiger partial charge in [-0.2, -0.15) is 0 Å². The Labute approximate surface area is 103 Å². The molecule has 5 heteroatoms. The van der Waals surface area contributed by atoms with E-state index >= 15 is 0 Å². The second kappa shape index (κ2) is 5.75. The van der Waals surface area contributed by atoms with Crippen molar-refractivity contribution < 1.29 is 18.3 Å². The number of benzene rings is 1. The average Bonchev–Trinajstić information content (AvgIpc) is 3.20. The highest BCUT2D eigenvalue weighted by molar-refractivity contribution is 6.81. The van der Waals surface area contributed by atoms with E-state index in [2.05, 4.69) is 0 Å². The van der Waals surface area contributed by atoms with Gasteiger partial charge in [0.2, 0.25) is 0 Å². The molecule has 1 saturated heterocycles. The summed E-state index contributed by atoms with van der Waals surface area (Å²) in [6.45, 7) is 1.42. The van der Waals surface area contributed by atoms with E-state index in [9.17, 15) is 0 Å². The van der Waals surface area contributed by atoms with E-state index in [-0.39, 0.29) is 6.10 Å². The van der Waals surface area contributed by atoms with Gasteiger partial charge in [-0.3, -0.25) is 0 Å². The fraction of sp³-hybridized carbons (Fsp3) is 0.500. The van der Waals surface area contributed by atoms with E-state index in [1.807, 2.05) is 30.3 Å². The van der Waals surface area contributed by atoms with Gasteiger partial charge in [0.1, 0.15) is 6.10 Å². The number of ether oxygens (including phenoxy) is 2. The van der Waals surface area contributed by atoms with Crippen LogP contribution in [0.5, 0.6) is 0 Å². The highest BCUT2D eigenvalue weighted by Gasteiger charge is 2.39. The van der Waals surface area contributed by atoms with E-state index in [0.29, 0.717) is 12.8 Å². The second-order valence-electron chi connectivity index (χ2n) is 4.00. The van der Waals surface area contributed by atoms with Crippen LogP contribution in [0, 0.1) is 0 Å². The first kappa shape index (κ1) is 12.7. The molecular formula is C12H18O4Si. The summed E-state index contributed by atoms with van der Waals surface area (Å²) in [6, 6.07) is 10.00. The maximum Gasteiger partial charge on any atom is 0.398 e. The molecule has 1 aliphatic heterocycles. The standard InChI is InChI=1S/C12H18O4Si/c1-13-17(14-2,10-15-8-11-9-16-11)12-6-4-3-5-7-12/h3-7,11H,8-10H2,1-2H3. The lowest BCUT2D eigenvalue weighted by atomic mass is 10.4. The first-order valence-electron chi connectivity index (χ1n) is 5.66. The molecule has 1 atom stereocenters. The predicted octanol–water partition coefficient (Wildman–Crippen LogP) is 0.583. The fourth-order valence-electron chi connectivity index (χ4n) is 1.70. The summed E-state index contributed by atoms with van der Waals surface area (Å²) in [7, 11) is 0.924. The molecule has 2 rings (SSSR count). The Bertz CT molecular complexity index is 336. The third-order valence-electron chi connectivity index (χ3n) is 2.87. The van der Waals surface area contributed by atoms with Crippen LogP contribution in [0.3, 0.4) is 0 Å². The number of hydrogen-bond acceptors (Lipinski definition) is 4. The highest BCUT2D eigenvalue weighted by Crippen LogP contribution is 2.11. The Morgan fingerprint density at radius 2 is 1.88 bits per heavy atom. The minimum atomic E-state index is -2.44. The summed E-state index contributed by atoms with van der Waals surface area (Å²) < 4.78 is 22.0. The Morgan fingerprint density at radius 3 is 2.41 bits per heavy atom. The molecule has 0 radical (unpaired) electrons. The van der Waals surface area contributed by atoms with Crippen molar-refractivity contribution in [3.05, 3.63) is 30.3 Å². The van der Waals surface area contributed by atoms with Gasteiger partial charge in [-0.05, 0) is 5.19 Å². The third-order valence-corrected chi connectivity index (χ3v) is 5.99. The topological polar surface area (TPSA) is 40.2 Å². The molecular weight excluding hydrogens is 236 g/mol. The van der Waals surface area contributed by atoms with E-state index < -0.39 is 8.56 Å². The van der Waals surface area contributed by atoms with Crippen LogP contribution in [-0.2, 0) is 18.3 Å². The van der Waals surface area contributed by atoms with E-state index in [1.54, 1.807) is 14.2 Å². The van der Waals surface area contributed by atoms with Gasteiger partial charge in [-0.1, -0.05) is 30.3 Å². The SMILES string of the molecule is CO[Si](COCC1CO1)(OC)c1ccccc1. The lowest BCUT2D eigenvalue weighted by Crippen LogP contribution is -2.56. The zero-order valence-electron chi connectivity index (χ0n) is 10.2. The molecule has 1 unspecified atom stereocenters. The Morgan fingerprint density at radius 1 is 1.24 bits per heavy atom. The van der Waals surface area contributed by atoms with Crippen LogP contribution < -0.4 is 5.19 Å². The number of rotatable bonds is 7. The van der Waals surface area contributed by atoms with Crippen molar-refractivity contribution in [3.8, 4) is 0 Å². The maximum absolute atomic E-state index is 5.65. The lowest BCUT2D eigenvalue weighted by Gasteiger charge is -2.27. The summed E-state index contributed by atoms with van der Waals surface area (Å²) in [4.78, 5) is 0. The number of hydrogen-bond donors (Lipinski definition) is 0. The van der Waals surface area contributed by atoms with Crippen LogP contribution in [0.4, 0.5) is 0 Å². The molecule has 17 heavy (non-hydrogen) atoms. The molecule has 1 aliphatic rings. The molecule has 1 fully saturated rings. The van der Waals surface area contributed by atoms with Gasteiger partial charge in [0.05, 0.1) is 19.4 Å². The minimum absolute atomic E-state index is 0.270. The molecule has 0 aromatic heterocycles. The fourth-order valence-corrected chi connectivity index (χ4v) is 3.83. The van der Waals surface area contributed by atoms with Crippen LogP contribution in [0.2, 0.25) is 0 Å². The molecule has 0 saturated carbocycles. The van der Waals surface area contributed by atoms with Gasteiger partial charge in [0.15, 0.2) is 0 Å². The molecule has 94 valence electrons. The maximum atomic E-state index is 5.65. The molecule has 0 amide bonds. The van der Waals surface area contributed by atoms with Crippen molar-refractivity contribution in [2.45, 2.75) is 6.10 Å². The average molecular weight is 254 g/mol. The van der Waals surface area contributed by atoms with Crippen molar-refractivity contribution in [1.29, 1.82) is 0 Å². The van der Waals surface area contributed by atoms with E-state index in [1.165, 1.54) is 0 Å². The predicted molar refractivity (Wildman–Crippen MR) is 66.4 cm³/mol. The van der Waals surface area contributed by atoms with Gasteiger partial charge < -0.3 is 18.3 Å². The zero-order chi connectivity index (χ0) is 12.1. The van der Waals surface area contributed by atoms with Crippen LogP contribution in [-0.4, -0.2) is 48.3 Å². The van der Waals surface area contributed by atoms with Crippen molar-refractivity contribution in [3.63, 3.8) is 0 Å². The normalized spacial score (nSPS) is 19.3. The van der Waals surface area contributed by atoms with Crippen LogP contribution in [0.15, 0.2) is 30.3 Å². The molecule has 1 heterocycles. The smallest absolute Gasteiger partial charge is 0.393 e. The quantitative estimate of drug-likeness (QED) is 0.527. The highest BCUT2D eigenvalue weighted by atomic mass is 28.4. The van der Waals surface area contributed by atoms with Crippen LogP contribution in [0.1, 0.15) is 0 Å². The second-order valence-corrected chi connectivity index (χ2v) is 7.19. The van der Waals surface area contributed by atoms with Gasteiger partial charge in [-0.25, -0.2) is 0 Å². The summed E-state index contributed by atoms with van der Waals surface area (Å²) in [6.07, 6.45) is 0.760. The Kier molecular flexibility index (Phi) is 4.30. The summed E-state index contributed by atoms with van der Waals surface area (Å²) >= 11 is 0. The van der Waals surface area contributed by atoms with Crippen molar-refractivity contribution >= 4 is 13.7 Å². The molecule has 0 bridgehead atoms. The van der Waals surface area contributed by atoms with E-state index in [4.69, 9.17) is 18.3 Å². The molecule has 0 aliphatic carbocycles. The molecule has 0 N–H and O–H groups in total. The number of epoxide rings is 1. The van der Waals surface area contributed by atoms with Gasteiger partial charge in [0.25, 0.3) is 0 Å². The Hall–Kier alpha value is -0.723. The molecule has 1 aromatic carbocycles. The largest absolute Gasteiger partial charge is 0.398 e. The molecule has 1 aromatic rings. The van der Waals surface area contributed by atoms with Gasteiger partial charge in [-0.15, -0.1) is 0 Å². The summed E-state index contributed by atoms with van der Waals surface area (Å²) in [5.74, 6) is 0. The van der Waals surface area contributed by atoms with Crippen molar-refractivity contribution in [1.82, 2.24) is 0 Å². The van der Waals surface area contributed by atoms with Crippen LogP contribution in [0.25, 0.3) is 0 Å². The summed E-state index contributed by atoms with van der Waals surface area (Å²) in [5.41, 5.74) is 0. The first-order chi connectivity index (χ1) is 8.30. The van der Waals surface area contributed by atoms with Crippen molar-refractivity contribution in [2.24, 2.45) is 0 Å². The van der Waals surface area contributed by atoms with E-state index in [0.717, 1.165) is 11.8 Å². The molecule has 0 spiro atoms. The first-order valence-corrected chi connectivity index (χ1v) is 7.68. The van der Waals surface area contributed by atoms with Gasteiger partial charge in [0, 0.05) is 14.2 Å². The van der Waals surface area contributed by atoms with Crippen molar-refractivity contribution in [2.75, 3.05) is 33.7 Å². The zero-order valence-corrected chi connectivity index (χ0v) is 11.2. The molecule has 4 nitrogen and oxygen atoms in total. The third kappa shape index (κ3) is 3.14. The lowest BCUT2D eigenvalue weighted by molar-refractivity contribution is 0.117. The van der Waals surface area contributed by atoms with Gasteiger partial charge >= 0.3 is 8.56 Å². The minimum Gasteiger partial charge on any atom is -0.393 e.